The Labute approximate surface area is 102 Å². The molecule has 17 heavy (non-hydrogen) atoms. The first-order valence-electron chi connectivity index (χ1n) is 5.99. The fraction of sp³-hybridized carbons (Fsp3) is 0.500. The third kappa shape index (κ3) is 3.55. The Morgan fingerprint density at radius 3 is 2.12 bits per heavy atom. The highest BCUT2D eigenvalue weighted by Gasteiger charge is 2.21. The minimum Gasteiger partial charge on any atom is -0.349 e. The first-order valence-corrected chi connectivity index (χ1v) is 5.99. The summed E-state index contributed by atoms with van der Waals surface area (Å²) in [7, 11) is 0. The van der Waals surface area contributed by atoms with Crippen LogP contribution in [-0.2, 0) is 0 Å². The topological polar surface area (TPSA) is 29.1 Å². The summed E-state index contributed by atoms with van der Waals surface area (Å²) in [6, 6.07) is 6.10. The maximum Gasteiger partial charge on any atom is 0.254 e. The highest BCUT2D eigenvalue weighted by molar-refractivity contribution is 5.94. The quantitative estimate of drug-likeness (QED) is 0.855. The first-order chi connectivity index (χ1) is 7.93. The van der Waals surface area contributed by atoms with E-state index < -0.39 is 5.82 Å². The Kier molecular flexibility index (Phi) is 4.67. The predicted molar refractivity (Wildman–Crippen MR) is 67.3 cm³/mol. The SMILES string of the molecule is CC(C)C(NC(=O)c1ccccc1F)C(C)C. The van der Waals surface area contributed by atoms with E-state index in [1.54, 1.807) is 12.1 Å². The third-order valence-electron chi connectivity index (χ3n) is 2.85. The summed E-state index contributed by atoms with van der Waals surface area (Å²) in [5, 5.41) is 2.89. The number of carbonyl (C=O) groups is 1. The van der Waals surface area contributed by atoms with Gasteiger partial charge in [-0.3, -0.25) is 4.79 Å². The van der Waals surface area contributed by atoms with Gasteiger partial charge in [-0.25, -0.2) is 4.39 Å². The van der Waals surface area contributed by atoms with Gasteiger partial charge in [-0.1, -0.05) is 39.8 Å². The van der Waals surface area contributed by atoms with Gasteiger partial charge in [0.15, 0.2) is 0 Å². The predicted octanol–water partition coefficient (Wildman–Crippen LogP) is 3.24. The van der Waals surface area contributed by atoms with Crippen LogP contribution in [0.5, 0.6) is 0 Å². The second kappa shape index (κ2) is 5.80. The third-order valence-corrected chi connectivity index (χ3v) is 2.85. The zero-order valence-electron chi connectivity index (χ0n) is 10.8. The molecule has 3 heteroatoms. The molecule has 0 spiro atoms. The van der Waals surface area contributed by atoms with Gasteiger partial charge < -0.3 is 5.32 Å². The molecule has 0 saturated heterocycles. The lowest BCUT2D eigenvalue weighted by molar-refractivity contribution is 0.0906. The molecule has 0 bridgehead atoms. The summed E-state index contributed by atoms with van der Waals surface area (Å²) in [5.74, 6) is -0.164. The number of halogens is 1. The monoisotopic (exact) mass is 237 g/mol. The summed E-state index contributed by atoms with van der Waals surface area (Å²) in [4.78, 5) is 11.9. The molecular formula is C14H20FNO. The normalized spacial score (nSPS) is 11.3. The van der Waals surface area contributed by atoms with Crippen molar-refractivity contribution in [2.45, 2.75) is 33.7 Å². The summed E-state index contributed by atoms with van der Waals surface area (Å²) < 4.78 is 13.4. The molecule has 0 heterocycles. The maximum absolute atomic E-state index is 13.4. The Hall–Kier alpha value is -1.38. The van der Waals surface area contributed by atoms with Gasteiger partial charge in [0.25, 0.3) is 5.91 Å². The maximum atomic E-state index is 13.4. The molecule has 0 aromatic heterocycles. The lowest BCUT2D eigenvalue weighted by atomic mass is 9.93. The molecule has 0 aliphatic rings. The molecule has 2 nitrogen and oxygen atoms in total. The van der Waals surface area contributed by atoms with E-state index in [0.717, 1.165) is 0 Å². The van der Waals surface area contributed by atoms with Gasteiger partial charge in [0.1, 0.15) is 5.82 Å². The van der Waals surface area contributed by atoms with Crippen molar-refractivity contribution >= 4 is 5.91 Å². The van der Waals surface area contributed by atoms with Crippen molar-refractivity contribution in [3.8, 4) is 0 Å². The molecule has 0 radical (unpaired) electrons. The highest BCUT2D eigenvalue weighted by Crippen LogP contribution is 2.14. The van der Waals surface area contributed by atoms with Crippen LogP contribution in [0.2, 0.25) is 0 Å². The molecular weight excluding hydrogens is 217 g/mol. The number of hydrogen-bond acceptors (Lipinski definition) is 1. The highest BCUT2D eigenvalue weighted by atomic mass is 19.1. The fourth-order valence-electron chi connectivity index (χ4n) is 1.98. The largest absolute Gasteiger partial charge is 0.349 e. The van der Waals surface area contributed by atoms with Crippen LogP contribution < -0.4 is 5.32 Å². The van der Waals surface area contributed by atoms with Gasteiger partial charge in [-0.05, 0) is 24.0 Å². The van der Waals surface area contributed by atoms with E-state index in [1.807, 2.05) is 27.7 Å². The number of amides is 1. The summed E-state index contributed by atoms with van der Waals surface area (Å²) in [5.41, 5.74) is 0.110. The molecule has 0 aliphatic heterocycles. The van der Waals surface area contributed by atoms with Crippen molar-refractivity contribution < 1.29 is 9.18 Å². The van der Waals surface area contributed by atoms with E-state index in [0.29, 0.717) is 11.8 Å². The van der Waals surface area contributed by atoms with Gasteiger partial charge in [0.05, 0.1) is 5.56 Å². The molecule has 1 amide bonds. The van der Waals surface area contributed by atoms with Crippen molar-refractivity contribution in [3.63, 3.8) is 0 Å². The van der Waals surface area contributed by atoms with Gasteiger partial charge in [-0.2, -0.15) is 0 Å². The molecule has 0 aliphatic carbocycles. The average Bonchev–Trinajstić information content (AvgIpc) is 2.25. The van der Waals surface area contributed by atoms with E-state index in [4.69, 9.17) is 0 Å². The summed E-state index contributed by atoms with van der Waals surface area (Å²) in [6.07, 6.45) is 0. The van der Waals surface area contributed by atoms with Crippen molar-refractivity contribution in [2.24, 2.45) is 11.8 Å². The smallest absolute Gasteiger partial charge is 0.254 e. The summed E-state index contributed by atoms with van der Waals surface area (Å²) in [6.45, 7) is 8.19. The van der Waals surface area contributed by atoms with Crippen LogP contribution in [0.1, 0.15) is 38.1 Å². The Bertz CT molecular complexity index is 380. The molecule has 1 aromatic carbocycles. The lowest BCUT2D eigenvalue weighted by Gasteiger charge is -2.26. The van der Waals surface area contributed by atoms with Crippen LogP contribution in [0.15, 0.2) is 24.3 Å². The lowest BCUT2D eigenvalue weighted by Crippen LogP contribution is -2.42. The minimum absolute atomic E-state index is 0.0575. The van der Waals surface area contributed by atoms with Crippen LogP contribution >= 0.6 is 0 Å². The first kappa shape index (κ1) is 13.7. The van der Waals surface area contributed by atoms with E-state index in [-0.39, 0.29) is 17.5 Å². The molecule has 0 atom stereocenters. The van der Waals surface area contributed by atoms with Crippen LogP contribution in [0, 0.1) is 17.7 Å². The van der Waals surface area contributed by atoms with Crippen LogP contribution in [0.4, 0.5) is 4.39 Å². The van der Waals surface area contributed by atoms with E-state index in [2.05, 4.69) is 5.32 Å². The van der Waals surface area contributed by atoms with Gasteiger partial charge >= 0.3 is 0 Å². The van der Waals surface area contributed by atoms with Crippen molar-refractivity contribution in [3.05, 3.63) is 35.6 Å². The molecule has 0 saturated carbocycles. The molecule has 0 unspecified atom stereocenters. The second-order valence-corrected chi connectivity index (χ2v) is 4.97. The van der Waals surface area contributed by atoms with Crippen molar-refractivity contribution in [1.82, 2.24) is 5.32 Å². The zero-order valence-corrected chi connectivity index (χ0v) is 10.8. The molecule has 94 valence electrons. The Morgan fingerprint density at radius 1 is 1.12 bits per heavy atom. The van der Waals surface area contributed by atoms with E-state index >= 15 is 0 Å². The van der Waals surface area contributed by atoms with E-state index in [1.165, 1.54) is 12.1 Å². The zero-order chi connectivity index (χ0) is 13.0. The number of nitrogens with one attached hydrogen (secondary N) is 1. The molecule has 1 N–H and O–H groups in total. The second-order valence-electron chi connectivity index (χ2n) is 4.97. The Morgan fingerprint density at radius 2 is 1.65 bits per heavy atom. The van der Waals surface area contributed by atoms with Gasteiger partial charge in [0.2, 0.25) is 0 Å². The molecule has 0 fully saturated rings. The minimum atomic E-state index is -0.476. The standard InChI is InChI=1S/C14H20FNO/c1-9(2)13(10(3)4)16-14(17)11-7-5-6-8-12(11)15/h5-10,13H,1-4H3,(H,16,17). The van der Waals surface area contributed by atoms with Gasteiger partial charge in [0, 0.05) is 6.04 Å². The Balaban J connectivity index is 2.82. The number of hydrogen-bond donors (Lipinski definition) is 1. The average molecular weight is 237 g/mol. The van der Waals surface area contributed by atoms with Crippen LogP contribution in [-0.4, -0.2) is 11.9 Å². The van der Waals surface area contributed by atoms with Crippen LogP contribution in [0.3, 0.4) is 0 Å². The number of benzene rings is 1. The molecule has 1 aromatic rings. The van der Waals surface area contributed by atoms with Crippen molar-refractivity contribution in [1.29, 1.82) is 0 Å². The summed E-state index contributed by atoms with van der Waals surface area (Å²) >= 11 is 0. The van der Waals surface area contributed by atoms with E-state index in [9.17, 15) is 9.18 Å². The molecule has 1 rings (SSSR count). The number of rotatable bonds is 4. The fourth-order valence-corrected chi connectivity index (χ4v) is 1.98. The van der Waals surface area contributed by atoms with Gasteiger partial charge in [-0.15, -0.1) is 0 Å². The number of carbonyl (C=O) groups excluding carboxylic acids is 1. The van der Waals surface area contributed by atoms with Crippen molar-refractivity contribution in [2.75, 3.05) is 0 Å². The van der Waals surface area contributed by atoms with Crippen LogP contribution in [0.25, 0.3) is 0 Å².